The summed E-state index contributed by atoms with van der Waals surface area (Å²) in [4.78, 5) is 41.6. The third-order valence-corrected chi connectivity index (χ3v) is 5.79. The Balaban J connectivity index is 0.00000289. The van der Waals surface area contributed by atoms with Gasteiger partial charge in [0.2, 0.25) is 0 Å². The molecule has 0 saturated carbocycles. The largest absolute Gasteiger partial charge is 0.352 e. The second-order valence-corrected chi connectivity index (χ2v) is 7.92. The first kappa shape index (κ1) is 23.5. The minimum Gasteiger partial charge on any atom is -0.352 e. The lowest BCUT2D eigenvalue weighted by atomic mass is 10.1. The Morgan fingerprint density at radius 1 is 1.00 bits per heavy atom. The molecule has 1 saturated heterocycles. The van der Waals surface area contributed by atoms with E-state index in [1.165, 1.54) is 23.8 Å². The standard InChI is InChI=1S/C24H24N4O3.ClH/c25-15-17-4-6-18(7-5-17)16-28-23(30)20-9-8-19(14-21(20)24(28)31)22(29)26-10-3-13-27-11-1-2-12-27;/h4-9,14H,1-3,10-13,16H2,(H,26,29);1H. The number of hydrogen-bond acceptors (Lipinski definition) is 5. The van der Waals surface area contributed by atoms with Crippen LogP contribution < -0.4 is 5.32 Å². The summed E-state index contributed by atoms with van der Waals surface area (Å²) in [6, 6.07) is 13.4. The molecule has 2 aromatic carbocycles. The number of halogens is 1. The van der Waals surface area contributed by atoms with E-state index in [4.69, 9.17) is 5.26 Å². The normalized spacial score (nSPS) is 15.3. The predicted molar refractivity (Wildman–Crippen MR) is 122 cm³/mol. The fourth-order valence-electron chi connectivity index (χ4n) is 4.06. The molecule has 0 spiro atoms. The first-order valence-electron chi connectivity index (χ1n) is 10.6. The molecule has 3 amide bonds. The molecular formula is C24H25ClN4O3. The third-order valence-electron chi connectivity index (χ3n) is 5.79. The molecule has 0 atom stereocenters. The van der Waals surface area contributed by atoms with Gasteiger partial charge in [0, 0.05) is 12.1 Å². The molecule has 0 unspecified atom stereocenters. The molecule has 2 aromatic rings. The third kappa shape index (κ3) is 4.98. The zero-order chi connectivity index (χ0) is 21.8. The number of carbonyl (C=O) groups is 3. The number of nitriles is 1. The molecule has 0 aliphatic carbocycles. The van der Waals surface area contributed by atoms with Gasteiger partial charge in [-0.05, 0) is 74.8 Å². The number of hydrogen-bond donors (Lipinski definition) is 1. The van der Waals surface area contributed by atoms with Gasteiger partial charge in [0.15, 0.2) is 0 Å². The molecule has 7 nitrogen and oxygen atoms in total. The monoisotopic (exact) mass is 452 g/mol. The zero-order valence-electron chi connectivity index (χ0n) is 17.7. The Kier molecular flexibility index (Phi) is 7.62. The molecule has 166 valence electrons. The molecule has 4 rings (SSSR count). The number of rotatable bonds is 7. The summed E-state index contributed by atoms with van der Waals surface area (Å²) in [5.41, 5.74) is 2.21. The molecule has 0 aromatic heterocycles. The van der Waals surface area contributed by atoms with Gasteiger partial charge in [0.1, 0.15) is 0 Å². The number of carbonyl (C=O) groups excluding carboxylic acids is 3. The molecule has 32 heavy (non-hydrogen) atoms. The maximum atomic E-state index is 12.8. The minimum atomic E-state index is -0.409. The van der Waals surface area contributed by atoms with Crippen LogP contribution in [0.2, 0.25) is 0 Å². The van der Waals surface area contributed by atoms with Crippen LogP contribution in [-0.4, -0.2) is 53.7 Å². The summed E-state index contributed by atoms with van der Waals surface area (Å²) in [6.07, 6.45) is 3.37. The van der Waals surface area contributed by atoms with Gasteiger partial charge in [-0.3, -0.25) is 19.3 Å². The maximum absolute atomic E-state index is 12.8. The summed E-state index contributed by atoms with van der Waals surface area (Å²) >= 11 is 0. The Morgan fingerprint density at radius 3 is 2.38 bits per heavy atom. The molecule has 2 aliphatic heterocycles. The van der Waals surface area contributed by atoms with E-state index in [2.05, 4.69) is 10.2 Å². The van der Waals surface area contributed by atoms with E-state index in [9.17, 15) is 14.4 Å². The van der Waals surface area contributed by atoms with Gasteiger partial charge >= 0.3 is 0 Å². The number of imide groups is 1. The van der Waals surface area contributed by atoms with Crippen LogP contribution in [0.25, 0.3) is 0 Å². The molecule has 1 N–H and O–H groups in total. The maximum Gasteiger partial charge on any atom is 0.261 e. The molecule has 8 heteroatoms. The van der Waals surface area contributed by atoms with Crippen molar-refractivity contribution in [3.8, 4) is 6.07 Å². The predicted octanol–water partition coefficient (Wildman–Crippen LogP) is 2.99. The highest BCUT2D eigenvalue weighted by Crippen LogP contribution is 2.26. The molecule has 0 radical (unpaired) electrons. The van der Waals surface area contributed by atoms with Crippen LogP contribution in [0.5, 0.6) is 0 Å². The highest BCUT2D eigenvalue weighted by molar-refractivity contribution is 6.22. The summed E-state index contributed by atoms with van der Waals surface area (Å²) in [7, 11) is 0. The van der Waals surface area contributed by atoms with Crippen molar-refractivity contribution in [2.24, 2.45) is 0 Å². The molecule has 2 aliphatic rings. The van der Waals surface area contributed by atoms with Crippen LogP contribution in [0.1, 0.15) is 61.5 Å². The Morgan fingerprint density at radius 2 is 1.69 bits per heavy atom. The van der Waals surface area contributed by atoms with Crippen molar-refractivity contribution in [2.45, 2.75) is 25.8 Å². The van der Waals surface area contributed by atoms with Crippen molar-refractivity contribution in [2.75, 3.05) is 26.2 Å². The van der Waals surface area contributed by atoms with Crippen LogP contribution >= 0.6 is 12.4 Å². The number of benzene rings is 2. The molecular weight excluding hydrogens is 428 g/mol. The van der Waals surface area contributed by atoms with Crippen molar-refractivity contribution < 1.29 is 14.4 Å². The highest BCUT2D eigenvalue weighted by Gasteiger charge is 2.36. The van der Waals surface area contributed by atoms with Gasteiger partial charge in [-0.15, -0.1) is 12.4 Å². The van der Waals surface area contributed by atoms with Gasteiger partial charge in [-0.2, -0.15) is 5.26 Å². The van der Waals surface area contributed by atoms with Gasteiger partial charge < -0.3 is 10.2 Å². The summed E-state index contributed by atoms with van der Waals surface area (Å²) < 4.78 is 0. The van der Waals surface area contributed by atoms with Crippen molar-refractivity contribution in [1.29, 1.82) is 5.26 Å². The molecule has 1 fully saturated rings. The van der Waals surface area contributed by atoms with Crippen LogP contribution in [-0.2, 0) is 6.54 Å². The average Bonchev–Trinajstić information content (AvgIpc) is 3.40. The molecule has 0 bridgehead atoms. The van der Waals surface area contributed by atoms with Crippen LogP contribution in [0.15, 0.2) is 42.5 Å². The first-order chi connectivity index (χ1) is 15.1. The fraction of sp³-hybridized carbons (Fsp3) is 0.333. The fourth-order valence-corrected chi connectivity index (χ4v) is 4.06. The van der Waals surface area contributed by atoms with Crippen molar-refractivity contribution in [3.05, 3.63) is 70.3 Å². The lowest BCUT2D eigenvalue weighted by molar-refractivity contribution is 0.0642. The van der Waals surface area contributed by atoms with E-state index in [0.717, 1.165) is 31.6 Å². The van der Waals surface area contributed by atoms with Crippen molar-refractivity contribution in [3.63, 3.8) is 0 Å². The van der Waals surface area contributed by atoms with E-state index in [1.807, 2.05) is 6.07 Å². The lowest BCUT2D eigenvalue weighted by Gasteiger charge is -2.14. The number of nitrogens with zero attached hydrogens (tertiary/aromatic N) is 3. The number of amides is 3. The Bertz CT molecular complexity index is 1060. The van der Waals surface area contributed by atoms with Crippen molar-refractivity contribution >= 4 is 30.1 Å². The minimum absolute atomic E-state index is 0. The summed E-state index contributed by atoms with van der Waals surface area (Å²) in [6.45, 7) is 3.93. The van der Waals surface area contributed by atoms with Gasteiger partial charge in [0.05, 0.1) is 29.3 Å². The van der Waals surface area contributed by atoms with Gasteiger partial charge in [0.25, 0.3) is 17.7 Å². The summed E-state index contributed by atoms with van der Waals surface area (Å²) in [5, 5.41) is 11.8. The number of nitrogens with one attached hydrogen (secondary N) is 1. The van der Waals surface area contributed by atoms with E-state index < -0.39 is 5.91 Å². The number of fused-ring (bicyclic) bond motifs is 1. The zero-order valence-corrected chi connectivity index (χ0v) is 18.5. The Labute approximate surface area is 193 Å². The second-order valence-electron chi connectivity index (χ2n) is 7.92. The Hall–Kier alpha value is -3.21. The first-order valence-corrected chi connectivity index (χ1v) is 10.6. The highest BCUT2D eigenvalue weighted by atomic mass is 35.5. The second kappa shape index (κ2) is 10.4. The quantitative estimate of drug-likeness (QED) is 0.515. The lowest BCUT2D eigenvalue weighted by Crippen LogP contribution is -2.29. The van der Waals surface area contributed by atoms with Crippen molar-refractivity contribution in [1.82, 2.24) is 15.1 Å². The van der Waals surface area contributed by atoms with E-state index in [0.29, 0.717) is 23.2 Å². The smallest absolute Gasteiger partial charge is 0.261 e. The topological polar surface area (TPSA) is 93.5 Å². The van der Waals surface area contributed by atoms with E-state index in [-0.39, 0.29) is 36.3 Å². The van der Waals surface area contributed by atoms with Crippen LogP contribution in [0.3, 0.4) is 0 Å². The van der Waals surface area contributed by atoms with Gasteiger partial charge in [-0.25, -0.2) is 0 Å². The van der Waals surface area contributed by atoms with Crippen LogP contribution in [0, 0.1) is 11.3 Å². The van der Waals surface area contributed by atoms with Gasteiger partial charge in [-0.1, -0.05) is 12.1 Å². The van der Waals surface area contributed by atoms with E-state index >= 15 is 0 Å². The van der Waals surface area contributed by atoms with Crippen LogP contribution in [0.4, 0.5) is 0 Å². The number of likely N-dealkylation sites (tertiary alicyclic amines) is 1. The molecule has 2 heterocycles. The van der Waals surface area contributed by atoms with E-state index in [1.54, 1.807) is 36.4 Å². The summed E-state index contributed by atoms with van der Waals surface area (Å²) in [5.74, 6) is -1.02. The average molecular weight is 453 g/mol. The SMILES string of the molecule is Cl.N#Cc1ccc(CN2C(=O)c3ccc(C(=O)NCCCN4CCCC4)cc3C2=O)cc1.